The number of benzene rings is 3. The average molecular weight is 454 g/mol. The van der Waals surface area contributed by atoms with Crippen molar-refractivity contribution in [1.82, 2.24) is 15.2 Å². The maximum Gasteiger partial charge on any atom is 0.329 e. The maximum absolute atomic E-state index is 12.3. The third-order valence-corrected chi connectivity index (χ3v) is 5.02. The number of hydrogen-bond acceptors (Lipinski definition) is 5. The van der Waals surface area contributed by atoms with E-state index in [2.05, 4.69) is 15.8 Å². The van der Waals surface area contributed by atoms with Gasteiger partial charge in [-0.1, -0.05) is 60.2 Å². The van der Waals surface area contributed by atoms with Crippen LogP contribution in [0.25, 0.3) is 16.9 Å². The van der Waals surface area contributed by atoms with Gasteiger partial charge in [-0.2, -0.15) is 10.2 Å². The van der Waals surface area contributed by atoms with Gasteiger partial charge in [0.15, 0.2) is 0 Å². The van der Waals surface area contributed by atoms with Gasteiger partial charge in [0.05, 0.1) is 24.7 Å². The molecule has 170 valence electrons. The van der Waals surface area contributed by atoms with Crippen LogP contribution in [-0.2, 0) is 9.59 Å². The van der Waals surface area contributed by atoms with Crippen molar-refractivity contribution in [3.05, 3.63) is 96.2 Å². The number of rotatable bonds is 6. The molecule has 0 saturated heterocycles. The zero-order valence-electron chi connectivity index (χ0n) is 18.7. The molecule has 4 rings (SSSR count). The van der Waals surface area contributed by atoms with Gasteiger partial charge in [-0.3, -0.25) is 9.59 Å². The van der Waals surface area contributed by atoms with Gasteiger partial charge in [-0.05, 0) is 31.2 Å². The Morgan fingerprint density at radius 1 is 0.941 bits per heavy atom. The number of anilines is 1. The molecule has 8 heteroatoms. The third-order valence-electron chi connectivity index (χ3n) is 5.02. The number of nitrogens with zero attached hydrogens (tertiary/aromatic N) is 3. The van der Waals surface area contributed by atoms with Crippen LogP contribution in [0.5, 0.6) is 5.75 Å². The second-order valence-electron chi connectivity index (χ2n) is 7.43. The lowest BCUT2D eigenvalue weighted by Crippen LogP contribution is -2.32. The standard InChI is InChI=1S/C26H23N5O3/c1-18-12-14-19(15-13-18)24-20(17-31(30-24)21-8-4-3-5-9-21)16-27-29-26(33)25(32)28-22-10-6-7-11-23(22)34-2/h3-17H,1-2H3,(H,28,32)(H,29,33). The van der Waals surface area contributed by atoms with Crippen LogP contribution >= 0.6 is 0 Å². The van der Waals surface area contributed by atoms with E-state index in [0.29, 0.717) is 22.7 Å². The van der Waals surface area contributed by atoms with Gasteiger partial charge in [0.1, 0.15) is 11.4 Å². The molecule has 0 aliphatic rings. The fourth-order valence-corrected chi connectivity index (χ4v) is 3.27. The number of amides is 2. The Hall–Kier alpha value is -4.72. The zero-order chi connectivity index (χ0) is 23.9. The molecule has 0 saturated carbocycles. The second-order valence-corrected chi connectivity index (χ2v) is 7.43. The van der Waals surface area contributed by atoms with Crippen molar-refractivity contribution >= 4 is 23.7 Å². The first-order valence-corrected chi connectivity index (χ1v) is 10.5. The van der Waals surface area contributed by atoms with Gasteiger partial charge in [0, 0.05) is 17.3 Å². The first kappa shape index (κ1) is 22.5. The number of hydrazone groups is 1. The highest BCUT2D eigenvalue weighted by molar-refractivity contribution is 6.39. The topological polar surface area (TPSA) is 97.6 Å². The minimum absolute atomic E-state index is 0.389. The summed E-state index contributed by atoms with van der Waals surface area (Å²) in [6, 6.07) is 24.4. The van der Waals surface area contributed by atoms with Gasteiger partial charge >= 0.3 is 11.8 Å². The van der Waals surface area contributed by atoms with Gasteiger partial charge < -0.3 is 10.1 Å². The molecule has 0 bridgehead atoms. The molecule has 3 aromatic carbocycles. The van der Waals surface area contributed by atoms with Crippen molar-refractivity contribution in [2.75, 3.05) is 12.4 Å². The molecule has 2 amide bonds. The van der Waals surface area contributed by atoms with Crippen LogP contribution in [0.3, 0.4) is 0 Å². The van der Waals surface area contributed by atoms with E-state index in [4.69, 9.17) is 9.84 Å². The molecule has 1 aromatic heterocycles. The largest absolute Gasteiger partial charge is 0.495 e. The number of hydrogen-bond donors (Lipinski definition) is 2. The first-order chi connectivity index (χ1) is 16.5. The number of methoxy groups -OCH3 is 1. The Kier molecular flexibility index (Phi) is 6.78. The van der Waals surface area contributed by atoms with E-state index >= 15 is 0 Å². The Balaban J connectivity index is 1.53. The second kappa shape index (κ2) is 10.3. The summed E-state index contributed by atoms with van der Waals surface area (Å²) in [4.78, 5) is 24.5. The molecule has 8 nitrogen and oxygen atoms in total. The summed E-state index contributed by atoms with van der Waals surface area (Å²) in [6.07, 6.45) is 3.28. The van der Waals surface area contributed by atoms with Crippen molar-refractivity contribution in [2.24, 2.45) is 5.10 Å². The van der Waals surface area contributed by atoms with Gasteiger partial charge in [0.2, 0.25) is 0 Å². The molecule has 0 fully saturated rings. The van der Waals surface area contributed by atoms with Crippen molar-refractivity contribution in [3.8, 4) is 22.7 Å². The van der Waals surface area contributed by atoms with Crippen molar-refractivity contribution < 1.29 is 14.3 Å². The van der Waals surface area contributed by atoms with Crippen LogP contribution in [-0.4, -0.2) is 34.9 Å². The quantitative estimate of drug-likeness (QED) is 0.262. The van der Waals surface area contributed by atoms with Crippen LogP contribution in [0.2, 0.25) is 0 Å². The highest BCUT2D eigenvalue weighted by atomic mass is 16.5. The van der Waals surface area contributed by atoms with E-state index in [-0.39, 0.29) is 0 Å². The SMILES string of the molecule is COc1ccccc1NC(=O)C(=O)NN=Cc1cn(-c2ccccc2)nc1-c1ccc(C)cc1. The van der Waals surface area contributed by atoms with E-state index < -0.39 is 11.8 Å². The third kappa shape index (κ3) is 5.18. The Morgan fingerprint density at radius 3 is 2.38 bits per heavy atom. The van der Waals surface area contributed by atoms with E-state index in [1.807, 2.05) is 67.7 Å². The van der Waals surface area contributed by atoms with Crippen LogP contribution in [0.1, 0.15) is 11.1 Å². The predicted octanol–water partition coefficient (Wildman–Crippen LogP) is 3.95. The van der Waals surface area contributed by atoms with Crippen molar-refractivity contribution in [3.63, 3.8) is 0 Å². The molecule has 0 radical (unpaired) electrons. The maximum atomic E-state index is 12.3. The molecule has 4 aromatic rings. The number of aryl methyl sites for hydroxylation is 1. The van der Waals surface area contributed by atoms with Crippen LogP contribution in [0, 0.1) is 6.92 Å². The lowest BCUT2D eigenvalue weighted by Gasteiger charge is -2.08. The zero-order valence-corrected chi connectivity index (χ0v) is 18.7. The minimum Gasteiger partial charge on any atom is -0.495 e. The number of aromatic nitrogens is 2. The highest BCUT2D eigenvalue weighted by Crippen LogP contribution is 2.24. The first-order valence-electron chi connectivity index (χ1n) is 10.5. The molecule has 0 spiro atoms. The van der Waals surface area contributed by atoms with E-state index in [9.17, 15) is 9.59 Å². The molecule has 0 aliphatic carbocycles. The molecule has 2 N–H and O–H groups in total. The number of nitrogens with one attached hydrogen (secondary N) is 2. The Bertz CT molecular complexity index is 1330. The fourth-order valence-electron chi connectivity index (χ4n) is 3.27. The lowest BCUT2D eigenvalue weighted by atomic mass is 10.1. The number of carbonyl (C=O) groups is 2. The summed E-state index contributed by atoms with van der Waals surface area (Å²) < 4.78 is 6.92. The van der Waals surface area contributed by atoms with E-state index in [0.717, 1.165) is 16.8 Å². The number of ether oxygens (including phenoxy) is 1. The summed E-state index contributed by atoms with van der Waals surface area (Å²) in [6.45, 7) is 2.01. The molecule has 34 heavy (non-hydrogen) atoms. The fraction of sp³-hybridized carbons (Fsp3) is 0.0769. The molecule has 0 atom stereocenters. The molecule has 0 unspecified atom stereocenters. The van der Waals surface area contributed by atoms with Gasteiger partial charge in [-0.15, -0.1) is 0 Å². The smallest absolute Gasteiger partial charge is 0.329 e. The van der Waals surface area contributed by atoms with Crippen molar-refractivity contribution in [1.29, 1.82) is 0 Å². The summed E-state index contributed by atoms with van der Waals surface area (Å²) >= 11 is 0. The summed E-state index contributed by atoms with van der Waals surface area (Å²) in [5.74, 6) is -1.32. The summed E-state index contributed by atoms with van der Waals surface area (Å²) in [7, 11) is 1.48. The van der Waals surface area contributed by atoms with Gasteiger partial charge in [-0.25, -0.2) is 10.1 Å². The van der Waals surface area contributed by atoms with Gasteiger partial charge in [0.25, 0.3) is 0 Å². The number of carbonyl (C=O) groups excluding carboxylic acids is 2. The van der Waals surface area contributed by atoms with E-state index in [1.165, 1.54) is 13.3 Å². The van der Waals surface area contributed by atoms with Crippen LogP contribution < -0.4 is 15.5 Å². The summed E-state index contributed by atoms with van der Waals surface area (Å²) in [5.41, 5.74) is 6.95. The average Bonchev–Trinajstić information content (AvgIpc) is 3.29. The molecule has 0 aliphatic heterocycles. The predicted molar refractivity (Wildman–Crippen MR) is 131 cm³/mol. The molecular weight excluding hydrogens is 430 g/mol. The Labute approximate surface area is 196 Å². The lowest BCUT2D eigenvalue weighted by molar-refractivity contribution is -0.136. The van der Waals surface area contributed by atoms with Crippen LogP contribution in [0.15, 0.2) is 90.2 Å². The van der Waals surface area contributed by atoms with Crippen LogP contribution in [0.4, 0.5) is 5.69 Å². The number of para-hydroxylation sites is 3. The monoisotopic (exact) mass is 453 g/mol. The molecule has 1 heterocycles. The van der Waals surface area contributed by atoms with E-state index in [1.54, 1.807) is 28.9 Å². The summed E-state index contributed by atoms with van der Waals surface area (Å²) in [5, 5.41) is 11.2. The molecular formula is C26H23N5O3. The minimum atomic E-state index is -0.908. The Morgan fingerprint density at radius 2 is 1.65 bits per heavy atom. The highest BCUT2D eigenvalue weighted by Gasteiger charge is 2.16. The normalized spacial score (nSPS) is 10.8. The van der Waals surface area contributed by atoms with Crippen molar-refractivity contribution in [2.45, 2.75) is 6.92 Å².